The molecule has 2 nitrogen and oxygen atoms in total. The largest absolute Gasteiger partial charge is 1.00 e. The number of hydrogen-bond acceptors (Lipinski definition) is 0. The number of hydrogen-bond donors (Lipinski definition) is 1. The van der Waals surface area contributed by atoms with Crippen LogP contribution in [0.3, 0.4) is 0 Å². The highest BCUT2D eigenvalue weighted by atomic mass is 127. The van der Waals surface area contributed by atoms with E-state index in [1.807, 2.05) is 0 Å². The number of fused-ring (bicyclic) bond motifs is 1. The van der Waals surface area contributed by atoms with Crippen LogP contribution in [0.2, 0.25) is 0 Å². The summed E-state index contributed by atoms with van der Waals surface area (Å²) in [6.07, 6.45) is 5.89. The molecule has 0 spiro atoms. The van der Waals surface area contributed by atoms with Gasteiger partial charge in [0.1, 0.15) is 0 Å². The zero-order valence-corrected chi connectivity index (χ0v) is 15.1. The van der Waals surface area contributed by atoms with Crippen molar-refractivity contribution in [3.63, 3.8) is 0 Å². The van der Waals surface area contributed by atoms with Gasteiger partial charge in [-0.2, -0.15) is 0 Å². The number of H-pyrrole nitrogens is 1. The van der Waals surface area contributed by atoms with Crippen molar-refractivity contribution in [2.24, 2.45) is 0 Å². The molecule has 0 amide bonds. The fourth-order valence-electron chi connectivity index (χ4n) is 3.14. The van der Waals surface area contributed by atoms with Crippen LogP contribution in [0.25, 0.3) is 10.9 Å². The first-order valence-corrected chi connectivity index (χ1v) is 7.57. The molecule has 0 unspecified atom stereocenters. The van der Waals surface area contributed by atoms with Crippen molar-refractivity contribution in [2.75, 3.05) is 26.7 Å². The number of nitrogens with zero attached hydrogens (tertiary/aromatic N) is 1. The molecule has 20 heavy (non-hydrogen) atoms. The third-order valence-corrected chi connectivity index (χ3v) is 4.12. The number of benzene rings is 1. The van der Waals surface area contributed by atoms with Crippen molar-refractivity contribution in [2.45, 2.75) is 33.1 Å². The topological polar surface area (TPSA) is 15.8 Å². The summed E-state index contributed by atoms with van der Waals surface area (Å²) in [4.78, 5) is 3.38. The van der Waals surface area contributed by atoms with E-state index < -0.39 is 0 Å². The lowest BCUT2D eigenvalue weighted by molar-refractivity contribution is -0.909. The van der Waals surface area contributed by atoms with Crippen LogP contribution in [-0.2, 0) is 6.42 Å². The highest BCUT2D eigenvalue weighted by molar-refractivity contribution is 5.82. The Bertz CT molecular complexity index is 512. The first-order chi connectivity index (χ1) is 9.18. The van der Waals surface area contributed by atoms with Crippen LogP contribution in [0.4, 0.5) is 0 Å². The maximum absolute atomic E-state index is 3.38. The highest BCUT2D eigenvalue weighted by Gasteiger charge is 2.19. The first kappa shape index (κ1) is 17.5. The Morgan fingerprint density at radius 3 is 2.30 bits per heavy atom. The Hall–Kier alpha value is -0.550. The summed E-state index contributed by atoms with van der Waals surface area (Å²) in [6, 6.07) is 8.61. The van der Waals surface area contributed by atoms with Gasteiger partial charge in [-0.25, -0.2) is 0 Å². The molecule has 1 aromatic carbocycles. The Balaban J connectivity index is 0.00000200. The number of para-hydroxylation sites is 1. The van der Waals surface area contributed by atoms with E-state index in [-0.39, 0.29) is 24.0 Å². The van der Waals surface area contributed by atoms with Crippen LogP contribution in [0.1, 0.15) is 32.3 Å². The van der Waals surface area contributed by atoms with Crippen LogP contribution < -0.4 is 24.0 Å². The van der Waals surface area contributed by atoms with Gasteiger partial charge in [-0.05, 0) is 24.5 Å². The summed E-state index contributed by atoms with van der Waals surface area (Å²) in [5.41, 5.74) is 2.73. The average molecular weight is 386 g/mol. The second-order valence-electron chi connectivity index (χ2n) is 5.90. The first-order valence-electron chi connectivity index (χ1n) is 7.57. The van der Waals surface area contributed by atoms with Gasteiger partial charge in [-0.15, -0.1) is 0 Å². The molecule has 0 aliphatic carbocycles. The van der Waals surface area contributed by atoms with E-state index in [2.05, 4.69) is 56.3 Å². The van der Waals surface area contributed by atoms with E-state index in [1.165, 1.54) is 59.8 Å². The van der Waals surface area contributed by atoms with Gasteiger partial charge in [0.25, 0.3) is 0 Å². The number of nitrogens with one attached hydrogen (secondary N) is 1. The molecule has 1 N–H and O–H groups in total. The predicted octanol–water partition coefficient (Wildman–Crippen LogP) is 0.981. The predicted molar refractivity (Wildman–Crippen MR) is 83.4 cm³/mol. The second-order valence-corrected chi connectivity index (χ2v) is 5.90. The van der Waals surface area contributed by atoms with Crippen molar-refractivity contribution < 1.29 is 28.5 Å². The van der Waals surface area contributed by atoms with Gasteiger partial charge in [0.15, 0.2) is 0 Å². The SMILES string of the molecule is CCC[N+](C)(CCC)CCc1c[nH]c2ccccc12.[I-]. The maximum atomic E-state index is 3.38. The number of rotatable bonds is 7. The number of halogens is 1. The molecule has 2 aromatic rings. The van der Waals surface area contributed by atoms with Crippen molar-refractivity contribution in [3.05, 3.63) is 36.0 Å². The van der Waals surface area contributed by atoms with Gasteiger partial charge in [0.05, 0.1) is 26.7 Å². The molecular weight excluding hydrogens is 359 g/mol. The Kier molecular flexibility index (Phi) is 7.03. The monoisotopic (exact) mass is 386 g/mol. The van der Waals surface area contributed by atoms with Gasteiger partial charge in [-0.3, -0.25) is 0 Å². The van der Waals surface area contributed by atoms with Crippen LogP contribution in [0, 0.1) is 0 Å². The summed E-state index contributed by atoms with van der Waals surface area (Å²) in [5.74, 6) is 0. The lowest BCUT2D eigenvalue weighted by Crippen LogP contribution is -3.00. The van der Waals surface area contributed by atoms with Crippen LogP contribution >= 0.6 is 0 Å². The quantitative estimate of drug-likeness (QED) is 0.540. The normalized spacial score (nSPS) is 11.6. The lowest BCUT2D eigenvalue weighted by Gasteiger charge is -2.34. The molecule has 0 saturated heterocycles. The maximum Gasteiger partial charge on any atom is 0.0826 e. The van der Waals surface area contributed by atoms with E-state index in [0.717, 1.165) is 0 Å². The van der Waals surface area contributed by atoms with Crippen molar-refractivity contribution in [1.29, 1.82) is 0 Å². The minimum atomic E-state index is 0. The summed E-state index contributed by atoms with van der Waals surface area (Å²) < 4.78 is 1.20. The molecule has 3 heteroatoms. The van der Waals surface area contributed by atoms with E-state index in [0.29, 0.717) is 0 Å². The Labute approximate surface area is 140 Å². The van der Waals surface area contributed by atoms with Gasteiger partial charge < -0.3 is 33.4 Å². The smallest absolute Gasteiger partial charge is 0.0826 e. The summed E-state index contributed by atoms with van der Waals surface area (Å²) in [5, 5.41) is 1.39. The molecule has 112 valence electrons. The molecule has 0 aliphatic heterocycles. The average Bonchev–Trinajstić information content (AvgIpc) is 2.80. The molecule has 0 atom stereocenters. The van der Waals surface area contributed by atoms with Crippen LogP contribution in [0.5, 0.6) is 0 Å². The third kappa shape index (κ3) is 4.22. The van der Waals surface area contributed by atoms with Crippen molar-refractivity contribution >= 4 is 10.9 Å². The molecule has 2 rings (SSSR count). The molecular formula is C17H27IN2. The van der Waals surface area contributed by atoms with Crippen LogP contribution in [-0.4, -0.2) is 36.1 Å². The van der Waals surface area contributed by atoms with Crippen molar-refractivity contribution in [1.82, 2.24) is 4.98 Å². The molecule has 0 bridgehead atoms. The number of aromatic amines is 1. The summed E-state index contributed by atoms with van der Waals surface area (Å²) in [6.45, 7) is 8.39. The van der Waals surface area contributed by atoms with E-state index in [1.54, 1.807) is 0 Å². The summed E-state index contributed by atoms with van der Waals surface area (Å²) >= 11 is 0. The molecule has 0 saturated carbocycles. The molecule has 0 aliphatic rings. The van der Waals surface area contributed by atoms with Crippen molar-refractivity contribution in [3.8, 4) is 0 Å². The lowest BCUT2D eigenvalue weighted by atomic mass is 10.1. The van der Waals surface area contributed by atoms with E-state index in [4.69, 9.17) is 0 Å². The minimum Gasteiger partial charge on any atom is -1.00 e. The molecule has 1 heterocycles. The second kappa shape index (κ2) is 8.03. The minimum absolute atomic E-state index is 0. The highest BCUT2D eigenvalue weighted by Crippen LogP contribution is 2.19. The fraction of sp³-hybridized carbons (Fsp3) is 0.529. The zero-order valence-electron chi connectivity index (χ0n) is 13.0. The van der Waals surface area contributed by atoms with E-state index >= 15 is 0 Å². The fourth-order valence-corrected chi connectivity index (χ4v) is 3.14. The van der Waals surface area contributed by atoms with Gasteiger partial charge in [-0.1, -0.05) is 32.0 Å². The summed E-state index contributed by atoms with van der Waals surface area (Å²) in [7, 11) is 2.40. The Morgan fingerprint density at radius 1 is 1.00 bits per heavy atom. The molecule has 0 fully saturated rings. The number of quaternary nitrogens is 1. The van der Waals surface area contributed by atoms with Gasteiger partial charge >= 0.3 is 0 Å². The van der Waals surface area contributed by atoms with Gasteiger partial charge in [0.2, 0.25) is 0 Å². The number of likely N-dealkylation sites (N-methyl/N-ethyl adjacent to an activating group) is 1. The standard InChI is InChI=1S/C17H27N2.HI/c1-4-11-19(3,12-5-2)13-10-15-14-18-17-9-7-6-8-16(15)17;/h6-9,14,18H,4-5,10-13H2,1-3H3;1H/q+1;/p-1. The zero-order chi connectivity index (χ0) is 13.7. The Morgan fingerprint density at radius 2 is 1.65 bits per heavy atom. The van der Waals surface area contributed by atoms with Gasteiger partial charge in [0, 0.05) is 23.5 Å². The molecule has 1 aromatic heterocycles. The van der Waals surface area contributed by atoms with E-state index in [9.17, 15) is 0 Å². The number of aromatic nitrogens is 1. The van der Waals surface area contributed by atoms with Crippen LogP contribution in [0.15, 0.2) is 30.5 Å². The molecule has 0 radical (unpaired) electrons. The third-order valence-electron chi connectivity index (χ3n) is 4.12.